The molecule has 0 aliphatic carbocycles. The summed E-state index contributed by atoms with van der Waals surface area (Å²) in [7, 11) is 1.65. The highest BCUT2D eigenvalue weighted by molar-refractivity contribution is 6.24. The Bertz CT molecular complexity index is 2780. The van der Waals surface area contributed by atoms with Crippen molar-refractivity contribution in [2.75, 3.05) is 71.6 Å². The van der Waals surface area contributed by atoms with Gasteiger partial charge < -0.3 is 24.4 Å². The highest BCUT2D eigenvalue weighted by Gasteiger charge is 2.45. The van der Waals surface area contributed by atoms with E-state index in [1.807, 2.05) is 71.6 Å². The second kappa shape index (κ2) is 30.8. The largest absolute Gasteiger partial charge is 0.382 e. The van der Waals surface area contributed by atoms with E-state index in [9.17, 15) is 28.8 Å². The van der Waals surface area contributed by atoms with Crippen molar-refractivity contribution in [1.29, 1.82) is 0 Å². The SMILES string of the molecule is CCCOCCCCCC(=O)N1CCN(Cc2ccc(C(=O)Nc3ccc(C)c(Cc4nccc(-c5cccnc5)n4)c3)cc2)CC1.COCCOCCCCCCCc1cccc2c1C(=O)N(C1CCC(=O)NC1=O)C2=O. The standard InChI is InChI=1S/C38H46N6O3.C23H30N2O6/c1-3-23-47-24-6-4-5-9-37(45)44-21-19-43(20-22-44)28-30-11-13-31(14-12-30)38(46)41-34-15-10-29(2)33(25-34)26-36-40-18-16-35(42-36)32-8-7-17-39-27-32;1-30-14-15-31-13-6-4-2-3-5-8-16-9-7-10-17-20(16)23(29)25(22(17)28)18-11-12-19(26)24-21(18)27/h7-8,10-18,25,27H,3-6,9,19-24,26,28H2,1-2H3,(H,41,46);7,9-10,18H,2-6,8,11-15H2,1H3,(H,24,26,27). The highest BCUT2D eigenvalue weighted by Crippen LogP contribution is 2.31. The smallest absolute Gasteiger partial charge is 0.262 e. The molecule has 3 aliphatic heterocycles. The third kappa shape index (κ3) is 17.2. The van der Waals surface area contributed by atoms with Crippen molar-refractivity contribution in [3.8, 4) is 11.3 Å². The molecule has 0 bridgehead atoms. The fourth-order valence-electron chi connectivity index (χ4n) is 9.80. The Kier molecular flexibility index (Phi) is 23.1. The molecule has 6 amide bonds. The molecular weight excluding hydrogens is 989 g/mol. The van der Waals surface area contributed by atoms with Crippen LogP contribution in [0.2, 0.25) is 0 Å². The van der Waals surface area contributed by atoms with Crippen molar-refractivity contribution in [3.05, 3.63) is 142 Å². The predicted molar refractivity (Wildman–Crippen MR) is 298 cm³/mol. The summed E-state index contributed by atoms with van der Waals surface area (Å²) in [4.78, 5) is 94.1. The molecule has 0 radical (unpaired) electrons. The average Bonchev–Trinajstić information content (AvgIpc) is 3.78. The fourth-order valence-corrected chi connectivity index (χ4v) is 9.80. The summed E-state index contributed by atoms with van der Waals surface area (Å²) < 4.78 is 15.9. The quantitative estimate of drug-likeness (QED) is 0.0374. The molecule has 78 heavy (non-hydrogen) atoms. The summed E-state index contributed by atoms with van der Waals surface area (Å²) in [5.41, 5.74) is 8.02. The summed E-state index contributed by atoms with van der Waals surface area (Å²) in [5, 5.41) is 5.27. The minimum Gasteiger partial charge on any atom is -0.382 e. The third-order valence-corrected chi connectivity index (χ3v) is 14.2. The van der Waals surface area contributed by atoms with E-state index in [0.717, 1.165) is 154 Å². The van der Waals surface area contributed by atoms with Crippen molar-refractivity contribution in [1.82, 2.24) is 35.0 Å². The normalized spacial score (nSPS) is 15.4. The van der Waals surface area contributed by atoms with Crippen LogP contribution in [0.3, 0.4) is 0 Å². The number of aromatic nitrogens is 3. The Morgan fingerprint density at radius 3 is 2.26 bits per heavy atom. The van der Waals surface area contributed by atoms with Gasteiger partial charge in [0.1, 0.15) is 11.9 Å². The second-order valence-electron chi connectivity index (χ2n) is 20.1. The van der Waals surface area contributed by atoms with E-state index in [1.54, 1.807) is 37.8 Å². The van der Waals surface area contributed by atoms with Gasteiger partial charge in [-0.3, -0.25) is 48.9 Å². The van der Waals surface area contributed by atoms with Crippen LogP contribution < -0.4 is 10.6 Å². The second-order valence-corrected chi connectivity index (χ2v) is 20.1. The van der Waals surface area contributed by atoms with Gasteiger partial charge >= 0.3 is 0 Å². The van der Waals surface area contributed by atoms with Crippen LogP contribution in [0.4, 0.5) is 5.69 Å². The van der Waals surface area contributed by atoms with Crippen molar-refractivity contribution in [2.45, 2.75) is 116 Å². The Balaban J connectivity index is 0.000000246. The zero-order chi connectivity index (χ0) is 55.1. The van der Waals surface area contributed by atoms with E-state index in [2.05, 4.69) is 39.3 Å². The molecule has 17 heteroatoms. The maximum Gasteiger partial charge on any atom is 0.262 e. The van der Waals surface area contributed by atoms with Crippen molar-refractivity contribution in [3.63, 3.8) is 0 Å². The number of piperazine rings is 1. The van der Waals surface area contributed by atoms with Gasteiger partial charge in [-0.1, -0.05) is 62.9 Å². The Labute approximate surface area is 458 Å². The zero-order valence-corrected chi connectivity index (χ0v) is 45.6. The summed E-state index contributed by atoms with van der Waals surface area (Å²) in [6, 6.07) is 23.8. The number of unbranched alkanes of at least 4 members (excludes halogenated alkanes) is 6. The molecule has 0 spiro atoms. The molecule has 2 N–H and O–H groups in total. The molecule has 1 unspecified atom stereocenters. The average molecular weight is 1070 g/mol. The van der Waals surface area contributed by atoms with Gasteiger partial charge in [0.05, 0.1) is 30.0 Å². The lowest BCUT2D eigenvalue weighted by Gasteiger charge is -2.35. The first-order chi connectivity index (χ1) is 38.0. The molecule has 5 heterocycles. The molecule has 2 saturated heterocycles. The number of nitrogens with zero attached hydrogens (tertiary/aromatic N) is 6. The molecule has 17 nitrogen and oxygen atoms in total. The van der Waals surface area contributed by atoms with Crippen LogP contribution >= 0.6 is 0 Å². The first-order valence-corrected chi connectivity index (χ1v) is 27.7. The van der Waals surface area contributed by atoms with Gasteiger partial charge in [0.15, 0.2) is 0 Å². The number of piperidine rings is 1. The summed E-state index contributed by atoms with van der Waals surface area (Å²) in [5.74, 6) is -1.02. The number of pyridine rings is 1. The minimum absolute atomic E-state index is 0.119. The van der Waals surface area contributed by atoms with Crippen LogP contribution in [-0.2, 0) is 48.0 Å². The van der Waals surface area contributed by atoms with Gasteiger partial charge in [-0.05, 0) is 123 Å². The number of hydrogen-bond donors (Lipinski definition) is 2. The van der Waals surface area contributed by atoms with Crippen molar-refractivity contribution in [2.24, 2.45) is 0 Å². The van der Waals surface area contributed by atoms with Crippen LogP contribution in [0, 0.1) is 6.92 Å². The number of benzene rings is 3. The van der Waals surface area contributed by atoms with Crippen LogP contribution in [0.25, 0.3) is 11.3 Å². The first-order valence-electron chi connectivity index (χ1n) is 27.7. The number of rotatable bonds is 27. The van der Waals surface area contributed by atoms with E-state index in [1.165, 1.54) is 0 Å². The molecule has 1 atom stereocenters. The molecule has 0 saturated carbocycles. The molecule has 3 aromatic carbocycles. The Morgan fingerprint density at radius 2 is 1.51 bits per heavy atom. The lowest BCUT2D eigenvalue weighted by atomic mass is 9.97. The van der Waals surface area contributed by atoms with E-state index in [0.29, 0.717) is 55.0 Å². The van der Waals surface area contributed by atoms with Crippen LogP contribution in [0.1, 0.15) is 143 Å². The van der Waals surface area contributed by atoms with Gasteiger partial charge in [0.25, 0.3) is 17.7 Å². The molecule has 5 aromatic rings. The molecule has 2 fully saturated rings. The maximum atomic E-state index is 13.1. The first kappa shape index (κ1) is 58.6. The Hall–Kier alpha value is -7.05. The predicted octanol–water partition coefficient (Wildman–Crippen LogP) is 8.57. The van der Waals surface area contributed by atoms with Gasteiger partial charge in [-0.15, -0.1) is 0 Å². The number of carbonyl (C=O) groups is 6. The number of fused-ring (bicyclic) bond motifs is 1. The number of ether oxygens (including phenoxy) is 3. The van der Waals surface area contributed by atoms with Gasteiger partial charge in [-0.25, -0.2) is 9.97 Å². The Morgan fingerprint density at radius 1 is 0.756 bits per heavy atom. The monoisotopic (exact) mass is 1060 g/mol. The van der Waals surface area contributed by atoms with E-state index in [4.69, 9.17) is 19.2 Å². The van der Waals surface area contributed by atoms with Crippen molar-refractivity contribution >= 4 is 41.1 Å². The maximum absolute atomic E-state index is 13.1. The van der Waals surface area contributed by atoms with Crippen LogP contribution in [-0.4, -0.2) is 137 Å². The minimum atomic E-state index is -0.927. The molecule has 2 aromatic heterocycles. The lowest BCUT2D eigenvalue weighted by molar-refractivity contribution is -0.136. The molecule has 8 rings (SSSR count). The number of hydrogen-bond acceptors (Lipinski definition) is 13. The molecule has 414 valence electrons. The zero-order valence-electron chi connectivity index (χ0n) is 45.6. The highest BCUT2D eigenvalue weighted by atomic mass is 16.5. The van der Waals surface area contributed by atoms with Crippen LogP contribution in [0.15, 0.2) is 97.5 Å². The topological polar surface area (TPSA) is 203 Å². The fraction of sp³-hybridized carbons (Fsp3) is 0.459. The summed E-state index contributed by atoms with van der Waals surface area (Å²) in [6.07, 6.45) is 16.6. The summed E-state index contributed by atoms with van der Waals surface area (Å²) >= 11 is 0. The number of methoxy groups -OCH3 is 1. The number of imide groups is 2. The lowest BCUT2D eigenvalue weighted by Crippen LogP contribution is -2.54. The number of amides is 6. The molecule has 3 aliphatic rings. The van der Waals surface area contributed by atoms with Gasteiger partial charge in [0.2, 0.25) is 17.7 Å². The number of anilines is 1. The van der Waals surface area contributed by atoms with E-state index < -0.39 is 23.8 Å². The van der Waals surface area contributed by atoms with Gasteiger partial charge in [-0.2, -0.15) is 0 Å². The molecular formula is C61H76N8O9. The van der Waals surface area contributed by atoms with Crippen molar-refractivity contribution < 1.29 is 43.0 Å². The number of aryl methyl sites for hydroxylation is 2. The third-order valence-electron chi connectivity index (χ3n) is 14.2. The van der Waals surface area contributed by atoms with Crippen LogP contribution in [0.5, 0.6) is 0 Å². The summed E-state index contributed by atoms with van der Waals surface area (Å²) in [6.45, 7) is 11.8. The van der Waals surface area contributed by atoms with E-state index >= 15 is 0 Å². The number of carbonyl (C=O) groups excluding carboxylic acids is 6. The number of nitrogens with one attached hydrogen (secondary N) is 2. The van der Waals surface area contributed by atoms with Gasteiger partial charge in [0, 0.05) is 114 Å². The van der Waals surface area contributed by atoms with E-state index in [-0.39, 0.29) is 30.6 Å².